The summed E-state index contributed by atoms with van der Waals surface area (Å²) in [5, 5.41) is 11.5. The molecule has 1 aliphatic heterocycles. The molecule has 4 rings (SSSR count). The first-order chi connectivity index (χ1) is 15.3. The lowest BCUT2D eigenvalue weighted by Crippen LogP contribution is -2.39. The lowest BCUT2D eigenvalue weighted by molar-refractivity contribution is 0.267. The Morgan fingerprint density at radius 2 is 1.97 bits per heavy atom. The van der Waals surface area contributed by atoms with Crippen LogP contribution in [0.2, 0.25) is 0 Å². The van der Waals surface area contributed by atoms with Gasteiger partial charge in [-0.25, -0.2) is 18.4 Å². The molecule has 32 heavy (non-hydrogen) atoms. The smallest absolute Gasteiger partial charge is 0.260 e. The Labute approximate surface area is 187 Å². The fourth-order valence-electron chi connectivity index (χ4n) is 3.64. The normalized spacial score (nSPS) is 16.0. The van der Waals surface area contributed by atoms with Gasteiger partial charge in [0.25, 0.3) is 10.0 Å². The molecule has 1 aliphatic rings. The largest absolute Gasteiger partial charge is 0.363 e. The third-order valence-electron chi connectivity index (χ3n) is 5.45. The van der Waals surface area contributed by atoms with Crippen LogP contribution in [0.1, 0.15) is 50.3 Å². The van der Waals surface area contributed by atoms with E-state index in [2.05, 4.69) is 30.5 Å². The molecule has 0 atom stereocenters. The van der Waals surface area contributed by atoms with Crippen molar-refractivity contribution in [3.63, 3.8) is 0 Å². The fraction of sp³-hybridized carbons (Fsp3) is 0.550. The molecule has 0 radical (unpaired) electrons. The summed E-state index contributed by atoms with van der Waals surface area (Å²) in [4.78, 5) is 12.8. The molecule has 0 unspecified atom stereocenters. The molecule has 3 aromatic rings. The van der Waals surface area contributed by atoms with Crippen LogP contribution in [0, 0.1) is 12.8 Å². The van der Waals surface area contributed by atoms with Gasteiger partial charge in [0, 0.05) is 32.5 Å². The van der Waals surface area contributed by atoms with Crippen LogP contribution in [-0.4, -0.2) is 55.7 Å². The molecule has 4 heterocycles. The van der Waals surface area contributed by atoms with Crippen LogP contribution in [0.25, 0.3) is 0 Å². The number of hydrogen-bond acceptors (Lipinski definition) is 9. The molecule has 11 nitrogen and oxygen atoms in total. The van der Waals surface area contributed by atoms with E-state index in [-0.39, 0.29) is 11.1 Å². The highest BCUT2D eigenvalue weighted by atomic mass is 32.2. The van der Waals surface area contributed by atoms with E-state index >= 15 is 0 Å². The topological polar surface area (TPSA) is 132 Å². The number of piperidine rings is 1. The summed E-state index contributed by atoms with van der Waals surface area (Å²) in [6, 6.07) is 5.18. The van der Waals surface area contributed by atoms with E-state index in [0.717, 1.165) is 12.8 Å². The fourth-order valence-corrected chi connectivity index (χ4v) is 5.06. The average Bonchev–Trinajstić information content (AvgIpc) is 3.42. The average molecular weight is 461 g/mol. The summed E-state index contributed by atoms with van der Waals surface area (Å²) < 4.78 is 34.6. The second-order valence-electron chi connectivity index (χ2n) is 8.23. The van der Waals surface area contributed by atoms with Crippen molar-refractivity contribution in [2.24, 2.45) is 5.92 Å². The Morgan fingerprint density at radius 3 is 2.62 bits per heavy atom. The lowest BCUT2D eigenvalue weighted by atomic mass is 9.94. The van der Waals surface area contributed by atoms with E-state index < -0.39 is 10.0 Å². The van der Waals surface area contributed by atoms with Crippen molar-refractivity contribution in [3.8, 4) is 0 Å². The summed E-state index contributed by atoms with van der Waals surface area (Å²) in [7, 11) is -3.67. The van der Waals surface area contributed by atoms with Gasteiger partial charge >= 0.3 is 0 Å². The van der Waals surface area contributed by atoms with Gasteiger partial charge in [0.15, 0.2) is 16.7 Å². The van der Waals surface area contributed by atoms with Gasteiger partial charge in [-0.2, -0.15) is 14.4 Å². The monoisotopic (exact) mass is 460 g/mol. The molecule has 1 saturated heterocycles. The lowest BCUT2D eigenvalue weighted by Gasteiger charge is -2.30. The minimum Gasteiger partial charge on any atom is -0.363 e. The van der Waals surface area contributed by atoms with Gasteiger partial charge in [0.2, 0.25) is 5.89 Å². The molecule has 1 fully saturated rings. The zero-order valence-corrected chi connectivity index (χ0v) is 19.3. The Bertz CT molecular complexity index is 1150. The summed E-state index contributed by atoms with van der Waals surface area (Å²) in [5.74, 6) is 2.64. The molecule has 0 amide bonds. The van der Waals surface area contributed by atoms with Crippen molar-refractivity contribution in [2.75, 3.05) is 18.4 Å². The number of nitrogens with one attached hydrogen (secondary N) is 1. The molecule has 172 valence electrons. The van der Waals surface area contributed by atoms with Crippen LogP contribution in [0.4, 0.5) is 5.82 Å². The minimum atomic E-state index is -3.67. The predicted molar refractivity (Wildman–Crippen MR) is 116 cm³/mol. The van der Waals surface area contributed by atoms with E-state index in [9.17, 15) is 8.42 Å². The van der Waals surface area contributed by atoms with Crippen molar-refractivity contribution in [3.05, 3.63) is 42.1 Å². The van der Waals surface area contributed by atoms with Gasteiger partial charge in [-0.15, -0.1) is 0 Å². The number of hydrogen-bond donors (Lipinski definition) is 1. The van der Waals surface area contributed by atoms with Crippen LogP contribution in [0.3, 0.4) is 0 Å². The van der Waals surface area contributed by atoms with E-state index in [1.807, 2.05) is 13.8 Å². The van der Waals surface area contributed by atoms with Gasteiger partial charge in [-0.3, -0.25) is 4.68 Å². The van der Waals surface area contributed by atoms with Gasteiger partial charge in [-0.05, 0) is 44.7 Å². The van der Waals surface area contributed by atoms with Gasteiger partial charge in [0.1, 0.15) is 12.1 Å². The van der Waals surface area contributed by atoms with E-state index in [0.29, 0.717) is 55.3 Å². The zero-order chi connectivity index (χ0) is 22.7. The number of nitrogens with zero attached hydrogens (tertiary/aromatic N) is 7. The van der Waals surface area contributed by atoms with Crippen LogP contribution < -0.4 is 5.32 Å². The predicted octanol–water partition coefficient (Wildman–Crippen LogP) is 2.20. The number of sulfonamides is 1. The highest BCUT2D eigenvalue weighted by Crippen LogP contribution is 2.25. The van der Waals surface area contributed by atoms with E-state index in [1.165, 1.54) is 10.4 Å². The number of pyridine rings is 1. The molecule has 3 aromatic heterocycles. The minimum absolute atomic E-state index is 0.0374. The summed E-state index contributed by atoms with van der Waals surface area (Å²) in [6.45, 7) is 7.06. The van der Waals surface area contributed by atoms with Gasteiger partial charge in [-0.1, -0.05) is 11.2 Å². The molecule has 12 heteroatoms. The zero-order valence-electron chi connectivity index (χ0n) is 18.5. The van der Waals surface area contributed by atoms with Crippen molar-refractivity contribution in [1.82, 2.24) is 34.2 Å². The second kappa shape index (κ2) is 9.33. The van der Waals surface area contributed by atoms with Gasteiger partial charge in [0.05, 0.1) is 6.54 Å². The number of aromatic nitrogens is 6. The molecular formula is C20H28N8O3S. The summed E-state index contributed by atoms with van der Waals surface area (Å²) in [6.07, 6.45) is 3.87. The molecule has 0 aromatic carbocycles. The van der Waals surface area contributed by atoms with Crippen molar-refractivity contribution >= 4 is 15.8 Å². The first-order valence-corrected chi connectivity index (χ1v) is 12.2. The first-order valence-electron chi connectivity index (χ1n) is 10.7. The van der Waals surface area contributed by atoms with Crippen LogP contribution in [0.15, 0.2) is 34.1 Å². The Balaban J connectivity index is 1.36. The second-order valence-corrected chi connectivity index (χ2v) is 10.1. The maximum Gasteiger partial charge on any atom is 0.260 e. The molecule has 0 bridgehead atoms. The van der Waals surface area contributed by atoms with E-state index in [1.54, 1.807) is 30.1 Å². The molecular weight excluding hydrogens is 432 g/mol. The Kier molecular flexibility index (Phi) is 6.51. The third kappa shape index (κ3) is 5.13. The maximum absolute atomic E-state index is 13.1. The summed E-state index contributed by atoms with van der Waals surface area (Å²) in [5.41, 5.74) is 0. The van der Waals surface area contributed by atoms with E-state index in [4.69, 9.17) is 4.52 Å². The maximum atomic E-state index is 13.1. The third-order valence-corrected chi connectivity index (χ3v) is 7.26. The quantitative estimate of drug-likeness (QED) is 0.537. The number of aryl methyl sites for hydroxylation is 1. The van der Waals surface area contributed by atoms with Crippen molar-refractivity contribution in [2.45, 2.75) is 57.6 Å². The highest BCUT2D eigenvalue weighted by molar-refractivity contribution is 7.89. The molecule has 0 saturated carbocycles. The Morgan fingerprint density at radius 1 is 1.19 bits per heavy atom. The van der Waals surface area contributed by atoms with Crippen LogP contribution in [0.5, 0.6) is 0 Å². The number of anilines is 1. The number of rotatable bonds is 8. The molecule has 0 aliphatic carbocycles. The SMILES string of the molecule is Cc1nc(CC2CCN(S(=O)(=O)c3cccc(NCc4ncn(C(C)C)n4)n3)CC2)no1. The standard InChI is InChI=1S/C20H28N8O3S/c1-14(2)28-13-22-19(25-28)12-21-17-5-4-6-20(24-17)32(29,30)27-9-7-16(8-10-27)11-18-23-15(3)31-26-18/h4-6,13-14,16H,7-12H2,1-3H3,(H,21,24). The van der Waals surface area contributed by atoms with Crippen molar-refractivity contribution < 1.29 is 12.9 Å². The molecule has 1 N–H and O–H groups in total. The van der Waals surface area contributed by atoms with Crippen LogP contribution >= 0.6 is 0 Å². The summed E-state index contributed by atoms with van der Waals surface area (Å²) >= 11 is 0. The highest BCUT2D eigenvalue weighted by Gasteiger charge is 2.31. The Hall–Kier alpha value is -2.86. The van der Waals surface area contributed by atoms with Gasteiger partial charge < -0.3 is 9.84 Å². The molecule has 0 spiro atoms. The van der Waals surface area contributed by atoms with Crippen LogP contribution in [-0.2, 0) is 23.0 Å². The first kappa shape index (κ1) is 22.3. The van der Waals surface area contributed by atoms with Crippen molar-refractivity contribution in [1.29, 1.82) is 0 Å².